The maximum atomic E-state index is 12.0. The van der Waals surface area contributed by atoms with Gasteiger partial charge in [-0.3, -0.25) is 9.59 Å². The van der Waals surface area contributed by atoms with E-state index in [0.717, 1.165) is 43.4 Å². The Balaban J connectivity index is 2.07. The highest BCUT2D eigenvalue weighted by molar-refractivity contribution is 5.97. The van der Waals surface area contributed by atoms with Gasteiger partial charge in [-0.15, -0.1) is 0 Å². The number of Topliss-reactive ketones (excluding diaryl/α,β-unsaturated/α-hetero) is 1. The minimum atomic E-state index is -0.308. The third kappa shape index (κ3) is 3.60. The van der Waals surface area contributed by atoms with Crippen LogP contribution in [0.1, 0.15) is 62.0 Å². The molecular formula is C17H22N2O2. The quantitative estimate of drug-likeness (QED) is 0.781. The SMILES string of the molecule is CC(C)(C#N)CCCCn1c2c(ccc1=O)C(=O)CCC2. The molecule has 0 atom stereocenters. The van der Waals surface area contributed by atoms with E-state index < -0.39 is 0 Å². The zero-order chi connectivity index (χ0) is 15.5. The highest BCUT2D eigenvalue weighted by Gasteiger charge is 2.21. The number of carbonyl (C=O) groups is 1. The van der Waals surface area contributed by atoms with E-state index in [1.807, 2.05) is 13.8 Å². The van der Waals surface area contributed by atoms with Crippen LogP contribution in [-0.2, 0) is 13.0 Å². The molecule has 0 saturated carbocycles. The summed E-state index contributed by atoms with van der Waals surface area (Å²) < 4.78 is 1.76. The number of pyridine rings is 1. The Kier molecular flexibility index (Phi) is 4.62. The summed E-state index contributed by atoms with van der Waals surface area (Å²) in [6, 6.07) is 5.47. The molecule has 0 radical (unpaired) electrons. The smallest absolute Gasteiger partial charge is 0.250 e. The summed E-state index contributed by atoms with van der Waals surface area (Å²) in [6.07, 6.45) is 4.81. The van der Waals surface area contributed by atoms with Crippen LogP contribution < -0.4 is 5.56 Å². The first kappa shape index (κ1) is 15.5. The zero-order valence-corrected chi connectivity index (χ0v) is 12.8. The number of hydrogen-bond donors (Lipinski definition) is 0. The normalized spacial score (nSPS) is 14.6. The van der Waals surface area contributed by atoms with Gasteiger partial charge in [-0.25, -0.2) is 0 Å². The molecule has 0 amide bonds. The monoisotopic (exact) mass is 286 g/mol. The Bertz CT molecular complexity index is 635. The average Bonchev–Trinajstić information content (AvgIpc) is 2.45. The summed E-state index contributed by atoms with van der Waals surface area (Å²) in [4.78, 5) is 23.9. The standard InChI is InChI=1S/C17H22N2O2/c1-17(2,12-18)10-3-4-11-19-14-6-5-7-15(20)13(14)8-9-16(19)21/h8-9H,3-7,10-11H2,1-2H3. The summed E-state index contributed by atoms with van der Waals surface area (Å²) in [5, 5.41) is 9.00. The second-order valence-electron chi connectivity index (χ2n) is 6.41. The first-order valence-electron chi connectivity index (χ1n) is 7.62. The Labute approximate surface area is 125 Å². The van der Waals surface area contributed by atoms with E-state index in [2.05, 4.69) is 6.07 Å². The predicted octanol–water partition coefficient (Wildman–Crippen LogP) is 3.09. The van der Waals surface area contributed by atoms with E-state index in [4.69, 9.17) is 5.26 Å². The van der Waals surface area contributed by atoms with E-state index in [-0.39, 0.29) is 16.8 Å². The van der Waals surface area contributed by atoms with Gasteiger partial charge in [0.2, 0.25) is 0 Å². The molecule has 0 aliphatic heterocycles. The number of nitrogens with zero attached hydrogens (tertiary/aromatic N) is 2. The van der Waals surface area contributed by atoms with Gasteiger partial charge >= 0.3 is 0 Å². The molecule has 0 unspecified atom stereocenters. The van der Waals surface area contributed by atoms with Gasteiger partial charge in [-0.2, -0.15) is 5.26 Å². The van der Waals surface area contributed by atoms with Crippen molar-refractivity contribution in [1.82, 2.24) is 4.57 Å². The maximum Gasteiger partial charge on any atom is 0.250 e. The molecule has 1 aliphatic rings. The van der Waals surface area contributed by atoms with Gasteiger partial charge in [0.1, 0.15) is 0 Å². The van der Waals surface area contributed by atoms with Gasteiger partial charge in [0.05, 0.1) is 11.5 Å². The number of nitriles is 1. The van der Waals surface area contributed by atoms with Crippen molar-refractivity contribution >= 4 is 5.78 Å². The summed E-state index contributed by atoms with van der Waals surface area (Å²) in [6.45, 7) is 4.50. The van der Waals surface area contributed by atoms with Gasteiger partial charge in [-0.05, 0) is 45.6 Å². The highest BCUT2D eigenvalue weighted by atomic mass is 16.1. The molecule has 21 heavy (non-hydrogen) atoms. The predicted molar refractivity (Wildman–Crippen MR) is 81.2 cm³/mol. The molecule has 0 bridgehead atoms. The molecule has 1 heterocycles. The molecule has 0 spiro atoms. The lowest BCUT2D eigenvalue weighted by Crippen LogP contribution is -2.28. The molecule has 2 rings (SSSR count). The second kappa shape index (κ2) is 6.26. The summed E-state index contributed by atoms with van der Waals surface area (Å²) in [5.74, 6) is 0.149. The largest absolute Gasteiger partial charge is 0.312 e. The minimum Gasteiger partial charge on any atom is -0.312 e. The van der Waals surface area contributed by atoms with Crippen molar-refractivity contribution < 1.29 is 4.79 Å². The van der Waals surface area contributed by atoms with E-state index >= 15 is 0 Å². The third-order valence-electron chi connectivity index (χ3n) is 4.15. The Morgan fingerprint density at radius 3 is 2.71 bits per heavy atom. The number of unbranched alkanes of at least 4 members (excludes halogenated alkanes) is 1. The molecule has 4 heteroatoms. The Morgan fingerprint density at radius 1 is 1.24 bits per heavy atom. The average molecular weight is 286 g/mol. The van der Waals surface area contributed by atoms with Gasteiger partial charge in [0, 0.05) is 30.3 Å². The van der Waals surface area contributed by atoms with Gasteiger partial charge < -0.3 is 4.57 Å². The van der Waals surface area contributed by atoms with Crippen LogP contribution in [0.25, 0.3) is 0 Å². The molecule has 1 aromatic heterocycles. The molecule has 0 aromatic carbocycles. The third-order valence-corrected chi connectivity index (χ3v) is 4.15. The summed E-state index contributed by atoms with van der Waals surface area (Å²) in [7, 11) is 0. The van der Waals surface area contributed by atoms with Crippen LogP contribution in [0.4, 0.5) is 0 Å². The fourth-order valence-electron chi connectivity index (χ4n) is 2.83. The van der Waals surface area contributed by atoms with E-state index in [0.29, 0.717) is 13.0 Å². The van der Waals surface area contributed by atoms with Crippen LogP contribution in [0.15, 0.2) is 16.9 Å². The van der Waals surface area contributed by atoms with Crippen molar-refractivity contribution in [3.05, 3.63) is 33.7 Å². The van der Waals surface area contributed by atoms with Crippen molar-refractivity contribution in [3.63, 3.8) is 0 Å². The molecule has 0 fully saturated rings. The number of fused-ring (bicyclic) bond motifs is 1. The maximum absolute atomic E-state index is 12.0. The molecular weight excluding hydrogens is 264 g/mol. The molecule has 112 valence electrons. The van der Waals surface area contributed by atoms with E-state index in [1.54, 1.807) is 10.6 Å². The zero-order valence-electron chi connectivity index (χ0n) is 12.8. The van der Waals surface area contributed by atoms with E-state index in [9.17, 15) is 9.59 Å². The van der Waals surface area contributed by atoms with Crippen LogP contribution in [-0.4, -0.2) is 10.4 Å². The number of hydrogen-bond acceptors (Lipinski definition) is 3. The first-order valence-corrected chi connectivity index (χ1v) is 7.62. The van der Waals surface area contributed by atoms with Crippen LogP contribution in [0, 0.1) is 16.7 Å². The topological polar surface area (TPSA) is 62.9 Å². The van der Waals surface area contributed by atoms with Crippen molar-refractivity contribution in [1.29, 1.82) is 5.26 Å². The van der Waals surface area contributed by atoms with Gasteiger partial charge in [0.25, 0.3) is 5.56 Å². The van der Waals surface area contributed by atoms with Crippen LogP contribution in [0.3, 0.4) is 0 Å². The molecule has 0 N–H and O–H groups in total. The number of carbonyl (C=O) groups excluding carboxylic acids is 1. The van der Waals surface area contributed by atoms with Gasteiger partial charge in [0.15, 0.2) is 5.78 Å². The summed E-state index contributed by atoms with van der Waals surface area (Å²) in [5.41, 5.74) is 1.29. The Morgan fingerprint density at radius 2 is 2.00 bits per heavy atom. The van der Waals surface area contributed by atoms with Crippen molar-refractivity contribution in [2.24, 2.45) is 5.41 Å². The molecule has 1 aromatic rings. The van der Waals surface area contributed by atoms with Crippen molar-refractivity contribution in [2.45, 2.75) is 58.9 Å². The van der Waals surface area contributed by atoms with Crippen LogP contribution in [0.2, 0.25) is 0 Å². The number of aromatic nitrogens is 1. The lowest BCUT2D eigenvalue weighted by Gasteiger charge is -2.20. The van der Waals surface area contributed by atoms with Crippen molar-refractivity contribution in [3.8, 4) is 6.07 Å². The van der Waals surface area contributed by atoms with E-state index in [1.165, 1.54) is 6.07 Å². The lowest BCUT2D eigenvalue weighted by atomic mass is 9.89. The molecule has 1 aliphatic carbocycles. The fraction of sp³-hybridized carbons (Fsp3) is 0.588. The number of ketones is 1. The minimum absolute atomic E-state index is 0.0250. The van der Waals surface area contributed by atoms with Crippen LogP contribution >= 0.6 is 0 Å². The molecule has 0 saturated heterocycles. The molecule has 4 nitrogen and oxygen atoms in total. The van der Waals surface area contributed by atoms with Gasteiger partial charge in [-0.1, -0.05) is 6.42 Å². The van der Waals surface area contributed by atoms with Crippen LogP contribution in [0.5, 0.6) is 0 Å². The highest BCUT2D eigenvalue weighted by Crippen LogP contribution is 2.23. The second-order valence-corrected chi connectivity index (χ2v) is 6.41. The fourth-order valence-corrected chi connectivity index (χ4v) is 2.83. The van der Waals surface area contributed by atoms with Crippen molar-refractivity contribution in [2.75, 3.05) is 0 Å². The Hall–Kier alpha value is -1.89. The summed E-state index contributed by atoms with van der Waals surface area (Å²) >= 11 is 0. The first-order chi connectivity index (χ1) is 9.94. The lowest BCUT2D eigenvalue weighted by molar-refractivity contribution is 0.0970. The number of rotatable bonds is 5.